The number of hydrogen-bond acceptors (Lipinski definition) is 2. The summed E-state index contributed by atoms with van der Waals surface area (Å²) in [6.07, 6.45) is 5.17. The van der Waals surface area contributed by atoms with Crippen LogP contribution in [-0.4, -0.2) is 42.6 Å². The van der Waals surface area contributed by atoms with Crippen LogP contribution in [0.25, 0.3) is 0 Å². The van der Waals surface area contributed by atoms with Crippen molar-refractivity contribution >= 4 is 5.96 Å². The molecule has 2 aliphatic rings. The minimum atomic E-state index is 0.534. The highest BCUT2D eigenvalue weighted by molar-refractivity contribution is 5.78. The van der Waals surface area contributed by atoms with E-state index in [4.69, 9.17) is 5.73 Å². The Kier molecular flexibility index (Phi) is 3.46. The Balaban J connectivity index is 1.69. The number of rotatable bonds is 4. The third kappa shape index (κ3) is 3.38. The monoisotopic (exact) mass is 210 g/mol. The minimum Gasteiger partial charge on any atom is -0.370 e. The summed E-state index contributed by atoms with van der Waals surface area (Å²) in [6, 6.07) is 1.14. The summed E-state index contributed by atoms with van der Waals surface area (Å²) in [7, 11) is 0. The van der Waals surface area contributed by atoms with Gasteiger partial charge in [0.2, 0.25) is 0 Å². The Morgan fingerprint density at radius 2 is 2.13 bits per heavy atom. The third-order valence-electron chi connectivity index (χ3n) is 3.22. The second kappa shape index (κ2) is 4.84. The van der Waals surface area contributed by atoms with E-state index in [9.17, 15) is 0 Å². The molecule has 4 heteroatoms. The van der Waals surface area contributed by atoms with Crippen molar-refractivity contribution in [1.82, 2.24) is 10.2 Å². The van der Waals surface area contributed by atoms with Crippen LogP contribution in [0.1, 0.15) is 32.6 Å². The lowest BCUT2D eigenvalue weighted by Crippen LogP contribution is -2.37. The number of guanidine groups is 1. The maximum Gasteiger partial charge on any atom is 0.188 e. The molecule has 0 aromatic carbocycles. The van der Waals surface area contributed by atoms with Gasteiger partial charge in [-0.05, 0) is 45.7 Å². The Labute approximate surface area is 91.9 Å². The fraction of sp³-hybridized carbons (Fsp3) is 0.909. The number of aliphatic imine (C=N–C) groups is 1. The molecule has 0 spiro atoms. The Bertz CT molecular complexity index is 229. The Morgan fingerprint density at radius 3 is 2.73 bits per heavy atom. The average molecular weight is 210 g/mol. The highest BCUT2D eigenvalue weighted by Crippen LogP contribution is 2.18. The lowest BCUT2D eigenvalue weighted by atomic mass is 10.3. The number of nitrogens with two attached hydrogens (primary N) is 1. The molecule has 1 heterocycles. The van der Waals surface area contributed by atoms with Gasteiger partial charge in [0.15, 0.2) is 5.96 Å². The van der Waals surface area contributed by atoms with E-state index in [0.29, 0.717) is 18.0 Å². The molecular formula is C11H22N4. The topological polar surface area (TPSA) is 53.6 Å². The maximum absolute atomic E-state index is 5.78. The molecule has 1 atom stereocenters. The van der Waals surface area contributed by atoms with Crippen molar-refractivity contribution in [2.75, 3.05) is 19.6 Å². The molecule has 86 valence electrons. The van der Waals surface area contributed by atoms with E-state index >= 15 is 0 Å². The van der Waals surface area contributed by atoms with Crippen molar-refractivity contribution in [3.05, 3.63) is 0 Å². The summed E-state index contributed by atoms with van der Waals surface area (Å²) in [5.41, 5.74) is 5.78. The number of hydrogen-bond donors (Lipinski definition) is 2. The van der Waals surface area contributed by atoms with Crippen LogP contribution in [0, 0.1) is 0 Å². The lowest BCUT2D eigenvalue weighted by Gasteiger charge is -2.21. The van der Waals surface area contributed by atoms with Gasteiger partial charge in [-0.1, -0.05) is 0 Å². The predicted molar refractivity (Wildman–Crippen MR) is 62.9 cm³/mol. The van der Waals surface area contributed by atoms with E-state index in [1.807, 2.05) is 0 Å². The van der Waals surface area contributed by atoms with Gasteiger partial charge in [0, 0.05) is 12.1 Å². The third-order valence-corrected chi connectivity index (χ3v) is 3.22. The fourth-order valence-corrected chi connectivity index (χ4v) is 2.01. The second-order valence-corrected chi connectivity index (χ2v) is 4.74. The molecule has 4 nitrogen and oxygen atoms in total. The van der Waals surface area contributed by atoms with Gasteiger partial charge in [0.1, 0.15) is 0 Å². The van der Waals surface area contributed by atoms with E-state index in [0.717, 1.165) is 6.54 Å². The van der Waals surface area contributed by atoms with Crippen LogP contribution < -0.4 is 11.1 Å². The number of nitrogens with one attached hydrogen (secondary N) is 1. The quantitative estimate of drug-likeness (QED) is 0.526. The van der Waals surface area contributed by atoms with Gasteiger partial charge in [-0.15, -0.1) is 0 Å². The van der Waals surface area contributed by atoms with E-state index in [-0.39, 0.29) is 0 Å². The molecule has 0 bridgehead atoms. The molecular weight excluding hydrogens is 188 g/mol. The van der Waals surface area contributed by atoms with Gasteiger partial charge in [-0.25, -0.2) is 0 Å². The zero-order valence-corrected chi connectivity index (χ0v) is 9.58. The van der Waals surface area contributed by atoms with Gasteiger partial charge < -0.3 is 11.1 Å². The molecule has 0 aromatic heterocycles. The van der Waals surface area contributed by atoms with E-state index in [2.05, 4.69) is 22.1 Å². The fourth-order valence-electron chi connectivity index (χ4n) is 2.01. The number of likely N-dealkylation sites (tertiary alicyclic amines) is 1. The van der Waals surface area contributed by atoms with E-state index in [1.165, 1.54) is 38.8 Å². The van der Waals surface area contributed by atoms with Crippen molar-refractivity contribution in [2.24, 2.45) is 10.7 Å². The number of nitrogens with zero attached hydrogens (tertiary/aromatic N) is 2. The van der Waals surface area contributed by atoms with Crippen molar-refractivity contribution in [2.45, 2.75) is 44.7 Å². The summed E-state index contributed by atoms with van der Waals surface area (Å²) in [5, 5.41) is 3.21. The predicted octanol–water partition coefficient (Wildman–Crippen LogP) is 0.537. The molecule has 0 radical (unpaired) electrons. The first-order valence-corrected chi connectivity index (χ1v) is 6.06. The SMILES string of the molecule is CC(CN=C(N)NC1CC1)N1CCCC1. The van der Waals surface area contributed by atoms with Crippen molar-refractivity contribution in [3.63, 3.8) is 0 Å². The van der Waals surface area contributed by atoms with Crippen LogP contribution in [0.5, 0.6) is 0 Å². The first-order valence-electron chi connectivity index (χ1n) is 6.06. The summed E-state index contributed by atoms with van der Waals surface area (Å²) in [5.74, 6) is 0.628. The zero-order valence-electron chi connectivity index (χ0n) is 9.58. The summed E-state index contributed by atoms with van der Waals surface area (Å²) < 4.78 is 0. The first-order chi connectivity index (χ1) is 7.25. The average Bonchev–Trinajstić information content (AvgIpc) is 2.86. The highest BCUT2D eigenvalue weighted by Gasteiger charge is 2.21. The van der Waals surface area contributed by atoms with Crippen molar-refractivity contribution in [1.29, 1.82) is 0 Å². The van der Waals surface area contributed by atoms with Gasteiger partial charge in [-0.2, -0.15) is 0 Å². The molecule has 0 amide bonds. The molecule has 15 heavy (non-hydrogen) atoms. The minimum absolute atomic E-state index is 0.534. The van der Waals surface area contributed by atoms with Crippen molar-refractivity contribution in [3.8, 4) is 0 Å². The highest BCUT2D eigenvalue weighted by atomic mass is 15.2. The van der Waals surface area contributed by atoms with Gasteiger partial charge in [0.05, 0.1) is 6.54 Å². The summed E-state index contributed by atoms with van der Waals surface area (Å²) in [4.78, 5) is 6.88. The summed E-state index contributed by atoms with van der Waals surface area (Å²) in [6.45, 7) is 5.52. The van der Waals surface area contributed by atoms with Crippen LogP contribution in [0.3, 0.4) is 0 Å². The Morgan fingerprint density at radius 1 is 1.47 bits per heavy atom. The smallest absolute Gasteiger partial charge is 0.188 e. The molecule has 1 aliphatic heterocycles. The van der Waals surface area contributed by atoms with Crippen LogP contribution in [-0.2, 0) is 0 Å². The zero-order chi connectivity index (χ0) is 10.7. The summed E-state index contributed by atoms with van der Waals surface area (Å²) >= 11 is 0. The Hall–Kier alpha value is -0.770. The van der Waals surface area contributed by atoms with Crippen LogP contribution in [0.15, 0.2) is 4.99 Å². The van der Waals surface area contributed by atoms with Crippen molar-refractivity contribution < 1.29 is 0 Å². The second-order valence-electron chi connectivity index (χ2n) is 4.74. The van der Waals surface area contributed by atoms with Crippen LogP contribution in [0.4, 0.5) is 0 Å². The van der Waals surface area contributed by atoms with Crippen LogP contribution >= 0.6 is 0 Å². The molecule has 2 rings (SSSR count). The van der Waals surface area contributed by atoms with Gasteiger partial charge >= 0.3 is 0 Å². The molecule has 2 fully saturated rings. The molecule has 1 saturated carbocycles. The molecule has 0 aromatic rings. The first kappa shape index (κ1) is 10.7. The van der Waals surface area contributed by atoms with E-state index < -0.39 is 0 Å². The largest absolute Gasteiger partial charge is 0.370 e. The van der Waals surface area contributed by atoms with E-state index in [1.54, 1.807) is 0 Å². The normalized spacial score (nSPS) is 25.5. The van der Waals surface area contributed by atoms with Gasteiger partial charge in [0.25, 0.3) is 0 Å². The van der Waals surface area contributed by atoms with Gasteiger partial charge in [-0.3, -0.25) is 9.89 Å². The molecule has 1 aliphatic carbocycles. The molecule has 1 saturated heterocycles. The van der Waals surface area contributed by atoms with Crippen LogP contribution in [0.2, 0.25) is 0 Å². The lowest BCUT2D eigenvalue weighted by molar-refractivity contribution is 0.265. The molecule has 3 N–H and O–H groups in total. The standard InChI is InChI=1S/C11H22N4/c1-9(15-6-2-3-7-15)8-13-11(12)14-10-4-5-10/h9-10H,2-8H2,1H3,(H3,12,13,14). The molecule has 1 unspecified atom stereocenters. The maximum atomic E-state index is 5.78.